The highest BCUT2D eigenvalue weighted by Crippen LogP contribution is 2.43. The van der Waals surface area contributed by atoms with Gasteiger partial charge in [0, 0.05) is 11.3 Å². The molecule has 1 heterocycles. The SMILES string of the molecule is COc1ccc(N2C(=O)C(=O)/C(=C(\O)c3ccc(OC(C)C)c(C)c3)C2c2ccc(C(C)(C)C)cc2)cc1. The number of nitrogens with zero attached hydrogens (tertiary/aromatic N) is 1. The van der Waals surface area contributed by atoms with E-state index >= 15 is 0 Å². The van der Waals surface area contributed by atoms with Crippen LogP contribution in [0.2, 0.25) is 0 Å². The standard InChI is InChI=1S/C32H35NO5/c1-19(2)38-26-17-10-22(18-20(26)3)29(34)27-28(21-8-11-23(12-9-21)32(4,5)6)33(31(36)30(27)35)24-13-15-25(37-7)16-14-24/h8-19,28,34H,1-7H3/b29-27-. The number of ketones is 1. The van der Waals surface area contributed by atoms with Crippen LogP contribution in [0.5, 0.6) is 11.5 Å². The minimum Gasteiger partial charge on any atom is -0.507 e. The zero-order valence-corrected chi connectivity index (χ0v) is 23.0. The molecule has 1 aliphatic heterocycles. The first-order valence-corrected chi connectivity index (χ1v) is 12.8. The molecule has 1 N–H and O–H groups in total. The number of carbonyl (C=O) groups excluding carboxylic acids is 2. The maximum atomic E-state index is 13.5. The van der Waals surface area contributed by atoms with E-state index in [9.17, 15) is 14.7 Å². The van der Waals surface area contributed by atoms with Gasteiger partial charge in [-0.3, -0.25) is 14.5 Å². The largest absolute Gasteiger partial charge is 0.507 e. The molecule has 0 radical (unpaired) electrons. The summed E-state index contributed by atoms with van der Waals surface area (Å²) in [4.78, 5) is 28.4. The van der Waals surface area contributed by atoms with Crippen LogP contribution in [-0.2, 0) is 15.0 Å². The summed E-state index contributed by atoms with van der Waals surface area (Å²) in [5, 5.41) is 11.5. The van der Waals surface area contributed by atoms with Gasteiger partial charge in [-0.15, -0.1) is 0 Å². The monoisotopic (exact) mass is 513 g/mol. The summed E-state index contributed by atoms with van der Waals surface area (Å²) in [5.74, 6) is -0.315. The number of aryl methyl sites for hydroxylation is 1. The third-order valence-corrected chi connectivity index (χ3v) is 6.70. The van der Waals surface area contributed by atoms with Crippen LogP contribution in [0.4, 0.5) is 5.69 Å². The Hall–Kier alpha value is -4.06. The molecule has 3 aromatic rings. The molecule has 1 unspecified atom stereocenters. The second-order valence-corrected chi connectivity index (χ2v) is 10.9. The number of hydrogen-bond donors (Lipinski definition) is 1. The Morgan fingerprint density at radius 1 is 0.947 bits per heavy atom. The molecule has 1 saturated heterocycles. The molecule has 38 heavy (non-hydrogen) atoms. The number of hydrogen-bond acceptors (Lipinski definition) is 5. The van der Waals surface area contributed by atoms with Crippen molar-refractivity contribution < 1.29 is 24.2 Å². The van der Waals surface area contributed by atoms with E-state index in [1.165, 1.54) is 4.90 Å². The van der Waals surface area contributed by atoms with Crippen molar-refractivity contribution in [2.75, 3.05) is 12.0 Å². The molecule has 0 aromatic heterocycles. The Labute approximate surface area is 224 Å². The van der Waals surface area contributed by atoms with Gasteiger partial charge >= 0.3 is 0 Å². The summed E-state index contributed by atoms with van der Waals surface area (Å²) in [6.45, 7) is 12.1. The summed E-state index contributed by atoms with van der Waals surface area (Å²) in [5.41, 5.74) is 3.64. The number of rotatable bonds is 6. The maximum absolute atomic E-state index is 13.5. The molecule has 1 atom stereocenters. The first-order valence-electron chi connectivity index (χ1n) is 12.8. The van der Waals surface area contributed by atoms with E-state index in [4.69, 9.17) is 9.47 Å². The van der Waals surface area contributed by atoms with Gasteiger partial charge in [0.2, 0.25) is 0 Å². The summed E-state index contributed by atoms with van der Waals surface area (Å²) in [6.07, 6.45) is -0.000891. The van der Waals surface area contributed by atoms with Gasteiger partial charge in [0.05, 0.1) is 24.8 Å². The predicted octanol–water partition coefficient (Wildman–Crippen LogP) is 6.71. The van der Waals surface area contributed by atoms with Crippen LogP contribution in [0.15, 0.2) is 72.3 Å². The van der Waals surface area contributed by atoms with E-state index in [0.717, 1.165) is 16.7 Å². The summed E-state index contributed by atoms with van der Waals surface area (Å²) < 4.78 is 11.1. The first-order chi connectivity index (χ1) is 17.9. The van der Waals surface area contributed by atoms with Crippen molar-refractivity contribution in [2.24, 2.45) is 0 Å². The van der Waals surface area contributed by atoms with Gasteiger partial charge in [-0.25, -0.2) is 0 Å². The highest BCUT2D eigenvalue weighted by Gasteiger charge is 2.47. The Balaban J connectivity index is 1.88. The van der Waals surface area contributed by atoms with Crippen molar-refractivity contribution in [3.05, 3.63) is 94.6 Å². The second-order valence-electron chi connectivity index (χ2n) is 10.9. The second kappa shape index (κ2) is 10.4. The van der Waals surface area contributed by atoms with Crippen LogP contribution in [0.25, 0.3) is 5.76 Å². The Morgan fingerprint density at radius 2 is 1.58 bits per heavy atom. The number of aliphatic hydroxyl groups excluding tert-OH is 1. The van der Waals surface area contributed by atoms with Crippen molar-refractivity contribution in [1.82, 2.24) is 0 Å². The number of benzene rings is 3. The van der Waals surface area contributed by atoms with Gasteiger partial charge in [0.15, 0.2) is 0 Å². The lowest BCUT2D eigenvalue weighted by Gasteiger charge is -2.27. The van der Waals surface area contributed by atoms with Crippen molar-refractivity contribution in [1.29, 1.82) is 0 Å². The lowest BCUT2D eigenvalue weighted by Crippen LogP contribution is -2.29. The molecule has 198 valence electrons. The van der Waals surface area contributed by atoms with Crippen LogP contribution < -0.4 is 14.4 Å². The molecule has 6 heteroatoms. The van der Waals surface area contributed by atoms with Gasteiger partial charge in [-0.05, 0) is 85.3 Å². The minimum atomic E-state index is -0.802. The van der Waals surface area contributed by atoms with Crippen LogP contribution >= 0.6 is 0 Å². The molecule has 1 fully saturated rings. The Bertz CT molecular complexity index is 1380. The fraction of sp³-hybridized carbons (Fsp3) is 0.312. The van der Waals surface area contributed by atoms with Crippen LogP contribution in [0, 0.1) is 6.92 Å². The van der Waals surface area contributed by atoms with Gasteiger partial charge in [-0.2, -0.15) is 0 Å². The molecule has 1 aliphatic rings. The van der Waals surface area contributed by atoms with Crippen LogP contribution in [0.1, 0.15) is 62.9 Å². The van der Waals surface area contributed by atoms with Gasteiger partial charge in [0.1, 0.15) is 17.3 Å². The molecule has 0 saturated carbocycles. The van der Waals surface area contributed by atoms with Crippen molar-refractivity contribution in [2.45, 2.75) is 59.1 Å². The summed E-state index contributed by atoms with van der Waals surface area (Å²) in [7, 11) is 1.57. The highest BCUT2D eigenvalue weighted by molar-refractivity contribution is 6.51. The number of amides is 1. The van der Waals surface area contributed by atoms with Crippen molar-refractivity contribution in [3.63, 3.8) is 0 Å². The number of methoxy groups -OCH3 is 1. The molecule has 6 nitrogen and oxygen atoms in total. The quantitative estimate of drug-likeness (QED) is 0.225. The van der Waals surface area contributed by atoms with E-state index in [0.29, 0.717) is 22.7 Å². The third-order valence-electron chi connectivity index (χ3n) is 6.70. The highest BCUT2D eigenvalue weighted by atomic mass is 16.5. The number of aliphatic hydroxyl groups is 1. The summed E-state index contributed by atoms with van der Waals surface area (Å²) >= 11 is 0. The van der Waals surface area contributed by atoms with E-state index in [2.05, 4.69) is 20.8 Å². The molecular formula is C32H35NO5. The molecule has 0 bridgehead atoms. The third kappa shape index (κ3) is 5.17. The lowest BCUT2D eigenvalue weighted by molar-refractivity contribution is -0.132. The zero-order chi connectivity index (χ0) is 27.8. The molecule has 0 spiro atoms. The molecule has 3 aromatic carbocycles. The smallest absolute Gasteiger partial charge is 0.300 e. The van der Waals surface area contributed by atoms with Crippen LogP contribution in [0.3, 0.4) is 0 Å². The van der Waals surface area contributed by atoms with E-state index in [1.54, 1.807) is 49.6 Å². The average Bonchev–Trinajstić information content (AvgIpc) is 3.14. The zero-order valence-electron chi connectivity index (χ0n) is 23.0. The van der Waals surface area contributed by atoms with E-state index < -0.39 is 17.7 Å². The molecule has 1 amide bonds. The van der Waals surface area contributed by atoms with Crippen LogP contribution in [-0.4, -0.2) is 30.0 Å². The number of Topliss-reactive ketones (excluding diaryl/α,β-unsaturated/α-hetero) is 1. The minimum absolute atomic E-state index is 0.000891. The van der Waals surface area contributed by atoms with Gasteiger partial charge in [0.25, 0.3) is 11.7 Å². The molecule has 4 rings (SSSR count). The number of anilines is 1. The topological polar surface area (TPSA) is 76.1 Å². The fourth-order valence-corrected chi connectivity index (χ4v) is 4.66. The Kier molecular flexibility index (Phi) is 7.36. The normalized spacial score (nSPS) is 17.3. The van der Waals surface area contributed by atoms with Crippen molar-refractivity contribution >= 4 is 23.1 Å². The maximum Gasteiger partial charge on any atom is 0.300 e. The summed E-state index contributed by atoms with van der Waals surface area (Å²) in [6, 6.07) is 19.3. The number of ether oxygens (including phenoxy) is 2. The molecular weight excluding hydrogens is 478 g/mol. The first kappa shape index (κ1) is 27.0. The number of carbonyl (C=O) groups is 2. The van der Waals surface area contributed by atoms with E-state index in [-0.39, 0.29) is 22.9 Å². The Morgan fingerprint density at radius 3 is 2.11 bits per heavy atom. The van der Waals surface area contributed by atoms with Crippen molar-refractivity contribution in [3.8, 4) is 11.5 Å². The lowest BCUT2D eigenvalue weighted by atomic mass is 9.85. The average molecular weight is 514 g/mol. The molecule has 0 aliphatic carbocycles. The van der Waals surface area contributed by atoms with Gasteiger partial charge < -0.3 is 14.6 Å². The predicted molar refractivity (Wildman–Crippen MR) is 150 cm³/mol. The van der Waals surface area contributed by atoms with Gasteiger partial charge in [-0.1, -0.05) is 45.0 Å². The fourth-order valence-electron chi connectivity index (χ4n) is 4.66. The van der Waals surface area contributed by atoms with E-state index in [1.807, 2.05) is 45.0 Å².